The van der Waals surface area contributed by atoms with E-state index in [0.29, 0.717) is 0 Å². The predicted octanol–water partition coefficient (Wildman–Crippen LogP) is 2.31. The average molecular weight is 239 g/mol. The number of rotatable bonds is 2. The monoisotopic (exact) mass is 239 g/mol. The van der Waals surface area contributed by atoms with Crippen LogP contribution in [0.3, 0.4) is 0 Å². The van der Waals surface area contributed by atoms with Crippen LogP contribution in [0.1, 0.15) is 45.0 Å². The fraction of sp³-hybridized carbons (Fsp3) is 0.667. The molecule has 1 N–H and O–H groups in total. The van der Waals surface area contributed by atoms with Crippen molar-refractivity contribution in [1.29, 1.82) is 0 Å². The van der Waals surface area contributed by atoms with Gasteiger partial charge in [0.25, 0.3) is 0 Å². The highest BCUT2D eigenvalue weighted by Crippen LogP contribution is 2.16. The summed E-state index contributed by atoms with van der Waals surface area (Å²) < 4.78 is 6.98. The molecule has 0 saturated carbocycles. The highest BCUT2D eigenvalue weighted by atomic mass is 16.6. The van der Waals surface area contributed by atoms with Crippen molar-refractivity contribution in [3.63, 3.8) is 0 Å². The number of hydrogen-bond acceptors (Lipinski definition) is 3. The number of nitrogens with one attached hydrogen (secondary N) is 1. The maximum Gasteiger partial charge on any atom is 0.408 e. The van der Waals surface area contributed by atoms with Crippen molar-refractivity contribution in [2.45, 2.75) is 46.3 Å². The van der Waals surface area contributed by atoms with E-state index in [4.69, 9.17) is 4.74 Å². The van der Waals surface area contributed by atoms with Crippen molar-refractivity contribution in [2.24, 2.45) is 7.05 Å². The van der Waals surface area contributed by atoms with Crippen LogP contribution in [0.2, 0.25) is 0 Å². The molecule has 1 heterocycles. The second-order valence-corrected chi connectivity index (χ2v) is 5.18. The summed E-state index contributed by atoms with van der Waals surface area (Å²) in [5.41, 5.74) is 1.56. The smallest absolute Gasteiger partial charge is 0.408 e. The Bertz CT molecular complexity index is 404. The lowest BCUT2D eigenvalue weighted by Gasteiger charge is -2.21. The molecule has 1 aromatic rings. The van der Waals surface area contributed by atoms with Crippen LogP contribution in [0.4, 0.5) is 4.79 Å². The fourth-order valence-corrected chi connectivity index (χ4v) is 1.50. The molecule has 0 bridgehead atoms. The van der Waals surface area contributed by atoms with Gasteiger partial charge in [-0.05, 0) is 34.6 Å². The summed E-state index contributed by atoms with van der Waals surface area (Å²) in [6.07, 6.45) is 1.35. The second kappa shape index (κ2) is 4.77. The number of aryl methyl sites for hydroxylation is 1. The summed E-state index contributed by atoms with van der Waals surface area (Å²) in [6.45, 7) is 9.40. The standard InChI is InChI=1S/C12H21N3O2/c1-8(10-7-13-15(6)9(10)2)14-11(16)17-12(3,4)5/h7-8H,1-6H3,(H,14,16). The maximum atomic E-state index is 11.6. The zero-order chi connectivity index (χ0) is 13.2. The summed E-state index contributed by atoms with van der Waals surface area (Å²) in [6, 6.07) is -0.112. The molecule has 1 unspecified atom stereocenters. The van der Waals surface area contributed by atoms with Gasteiger partial charge in [-0.15, -0.1) is 0 Å². The van der Waals surface area contributed by atoms with Gasteiger partial charge in [0.2, 0.25) is 0 Å². The van der Waals surface area contributed by atoms with Gasteiger partial charge in [0.05, 0.1) is 12.2 Å². The third kappa shape index (κ3) is 3.76. The minimum atomic E-state index is -0.478. The molecule has 0 aliphatic rings. The largest absolute Gasteiger partial charge is 0.444 e. The highest BCUT2D eigenvalue weighted by Gasteiger charge is 2.19. The zero-order valence-electron chi connectivity index (χ0n) is 11.4. The van der Waals surface area contributed by atoms with Crippen molar-refractivity contribution in [1.82, 2.24) is 15.1 Å². The van der Waals surface area contributed by atoms with Crippen LogP contribution in [0.5, 0.6) is 0 Å². The van der Waals surface area contributed by atoms with Crippen molar-refractivity contribution in [3.05, 3.63) is 17.5 Å². The quantitative estimate of drug-likeness (QED) is 0.861. The van der Waals surface area contributed by atoms with Gasteiger partial charge in [-0.2, -0.15) is 5.10 Å². The Morgan fingerprint density at radius 1 is 1.53 bits per heavy atom. The molecule has 1 rings (SSSR count). The molecule has 5 nitrogen and oxygen atoms in total. The van der Waals surface area contributed by atoms with E-state index in [2.05, 4.69) is 10.4 Å². The normalized spacial score (nSPS) is 13.3. The molecule has 0 aromatic carbocycles. The summed E-state index contributed by atoms with van der Waals surface area (Å²) in [4.78, 5) is 11.6. The van der Waals surface area contributed by atoms with Crippen molar-refractivity contribution < 1.29 is 9.53 Å². The van der Waals surface area contributed by atoms with Crippen LogP contribution in [-0.2, 0) is 11.8 Å². The minimum Gasteiger partial charge on any atom is -0.444 e. The lowest BCUT2D eigenvalue weighted by Crippen LogP contribution is -2.34. The van der Waals surface area contributed by atoms with Gasteiger partial charge in [-0.25, -0.2) is 4.79 Å². The predicted molar refractivity (Wildman–Crippen MR) is 65.7 cm³/mol. The Labute approximate surface area is 102 Å². The highest BCUT2D eigenvalue weighted by molar-refractivity contribution is 5.68. The second-order valence-electron chi connectivity index (χ2n) is 5.18. The number of ether oxygens (including phenoxy) is 1. The molecule has 5 heteroatoms. The molecule has 0 aliphatic carbocycles. The molecule has 0 saturated heterocycles. The molecule has 0 spiro atoms. The third-order valence-corrected chi connectivity index (χ3v) is 2.47. The first-order valence-corrected chi connectivity index (χ1v) is 5.68. The number of alkyl carbamates (subject to hydrolysis) is 1. The number of aromatic nitrogens is 2. The van der Waals surface area contributed by atoms with Gasteiger partial charge in [-0.1, -0.05) is 0 Å². The van der Waals surface area contributed by atoms with Crippen LogP contribution in [0, 0.1) is 6.92 Å². The van der Waals surface area contributed by atoms with Gasteiger partial charge >= 0.3 is 6.09 Å². The number of carbonyl (C=O) groups is 1. The number of carbonyl (C=O) groups excluding carboxylic acids is 1. The van der Waals surface area contributed by atoms with Crippen LogP contribution >= 0.6 is 0 Å². The lowest BCUT2D eigenvalue weighted by molar-refractivity contribution is 0.0508. The Hall–Kier alpha value is -1.52. The number of hydrogen-bond donors (Lipinski definition) is 1. The molecule has 1 atom stereocenters. The average Bonchev–Trinajstić information content (AvgIpc) is 2.44. The Balaban J connectivity index is 2.64. The molecule has 1 aromatic heterocycles. The molecule has 0 aliphatic heterocycles. The first-order chi connectivity index (χ1) is 7.70. The van der Waals surface area contributed by atoms with Gasteiger partial charge < -0.3 is 10.1 Å². The number of amides is 1. The fourth-order valence-electron chi connectivity index (χ4n) is 1.50. The molecular weight excluding hydrogens is 218 g/mol. The van der Waals surface area contributed by atoms with Crippen molar-refractivity contribution in [3.8, 4) is 0 Å². The van der Waals surface area contributed by atoms with Crippen molar-refractivity contribution in [2.75, 3.05) is 0 Å². The van der Waals surface area contributed by atoms with Gasteiger partial charge in [0.1, 0.15) is 5.60 Å². The van der Waals surface area contributed by atoms with E-state index in [-0.39, 0.29) is 6.04 Å². The Kier molecular flexibility index (Phi) is 3.80. The summed E-state index contributed by atoms with van der Waals surface area (Å²) in [5, 5.41) is 6.94. The summed E-state index contributed by atoms with van der Waals surface area (Å²) in [7, 11) is 1.87. The topological polar surface area (TPSA) is 56.1 Å². The van der Waals surface area contributed by atoms with Crippen LogP contribution in [0.25, 0.3) is 0 Å². The molecule has 1 amide bonds. The van der Waals surface area contributed by atoms with E-state index in [1.807, 2.05) is 41.7 Å². The Morgan fingerprint density at radius 3 is 2.53 bits per heavy atom. The molecule has 0 fully saturated rings. The number of nitrogens with zero attached hydrogens (tertiary/aromatic N) is 2. The van der Waals surface area contributed by atoms with Crippen LogP contribution < -0.4 is 5.32 Å². The first kappa shape index (κ1) is 13.5. The van der Waals surface area contributed by atoms with Gasteiger partial charge in [0, 0.05) is 18.3 Å². The van der Waals surface area contributed by atoms with Crippen molar-refractivity contribution >= 4 is 6.09 Å². The van der Waals surface area contributed by atoms with E-state index in [1.165, 1.54) is 0 Å². The Morgan fingerprint density at radius 2 is 2.12 bits per heavy atom. The van der Waals surface area contributed by atoms with Crippen LogP contribution in [0.15, 0.2) is 6.20 Å². The summed E-state index contributed by atoms with van der Waals surface area (Å²) >= 11 is 0. The van der Waals surface area contributed by atoms with Crippen LogP contribution in [-0.4, -0.2) is 21.5 Å². The first-order valence-electron chi connectivity index (χ1n) is 5.68. The van der Waals surface area contributed by atoms with Gasteiger partial charge in [-0.3, -0.25) is 4.68 Å². The van der Waals surface area contributed by atoms with E-state index < -0.39 is 11.7 Å². The van der Waals surface area contributed by atoms with Gasteiger partial charge in [0.15, 0.2) is 0 Å². The van der Waals surface area contributed by atoms with E-state index in [1.54, 1.807) is 10.9 Å². The molecule has 96 valence electrons. The molecule has 0 radical (unpaired) electrons. The summed E-state index contributed by atoms with van der Waals surface area (Å²) in [5.74, 6) is 0. The SMILES string of the molecule is Cc1c(C(C)NC(=O)OC(C)(C)C)cnn1C. The lowest BCUT2D eigenvalue weighted by atomic mass is 10.1. The third-order valence-electron chi connectivity index (χ3n) is 2.47. The molecule has 17 heavy (non-hydrogen) atoms. The van der Waals surface area contributed by atoms with E-state index in [0.717, 1.165) is 11.3 Å². The molecular formula is C12H21N3O2. The zero-order valence-corrected chi connectivity index (χ0v) is 11.4. The minimum absolute atomic E-state index is 0.112. The van der Waals surface area contributed by atoms with E-state index >= 15 is 0 Å². The maximum absolute atomic E-state index is 11.6. The van der Waals surface area contributed by atoms with E-state index in [9.17, 15) is 4.79 Å².